The fourth-order valence-electron chi connectivity index (χ4n) is 2.67. The second-order valence-electron chi connectivity index (χ2n) is 7.63. The first-order valence-corrected chi connectivity index (χ1v) is 9.40. The Morgan fingerprint density at radius 2 is 1.52 bits per heavy atom. The molecular weight excluding hydrogens is 368 g/mol. The Labute approximate surface area is 169 Å². The van der Waals surface area contributed by atoms with Gasteiger partial charge in [0.25, 0.3) is 5.91 Å². The number of aromatic nitrogens is 2. The summed E-state index contributed by atoms with van der Waals surface area (Å²) in [6, 6.07) is 16.8. The fraction of sp³-hybridized carbons (Fsp3) is 0.273. The van der Waals surface area contributed by atoms with Gasteiger partial charge < -0.3 is 15.2 Å². The van der Waals surface area contributed by atoms with Crippen LogP contribution in [0.5, 0.6) is 0 Å². The molecule has 0 bridgehead atoms. The number of nitrogens with zero attached hydrogens (tertiary/aromatic N) is 2. The van der Waals surface area contributed by atoms with E-state index in [1.165, 1.54) is 0 Å². The first kappa shape index (κ1) is 20.3. The van der Waals surface area contributed by atoms with E-state index in [-0.39, 0.29) is 30.3 Å². The molecule has 0 spiro atoms. The van der Waals surface area contributed by atoms with E-state index in [2.05, 4.69) is 41.5 Å². The van der Waals surface area contributed by atoms with Crippen molar-refractivity contribution in [1.82, 2.24) is 20.8 Å². The lowest BCUT2D eigenvalue weighted by molar-refractivity contribution is 0.0898. The van der Waals surface area contributed by atoms with Crippen molar-refractivity contribution in [3.63, 3.8) is 0 Å². The van der Waals surface area contributed by atoms with Crippen LogP contribution in [-0.4, -0.2) is 35.0 Å². The molecule has 1 aromatic heterocycles. The summed E-state index contributed by atoms with van der Waals surface area (Å²) in [5.74, 6) is -0.442. The molecule has 3 rings (SSSR count). The van der Waals surface area contributed by atoms with Crippen LogP contribution in [-0.2, 0) is 5.41 Å². The van der Waals surface area contributed by atoms with Crippen molar-refractivity contribution in [2.75, 3.05) is 13.1 Å². The highest BCUT2D eigenvalue weighted by atomic mass is 16.5. The molecule has 0 atom stereocenters. The molecule has 7 heteroatoms. The lowest BCUT2D eigenvalue weighted by Crippen LogP contribution is -2.34. The summed E-state index contributed by atoms with van der Waals surface area (Å²) in [6.45, 7) is 6.89. The third kappa shape index (κ3) is 5.28. The zero-order valence-electron chi connectivity index (χ0n) is 16.7. The average Bonchev–Trinajstić information content (AvgIpc) is 3.21. The highest BCUT2D eigenvalue weighted by molar-refractivity contribution is 5.94. The molecule has 0 radical (unpaired) electrons. The van der Waals surface area contributed by atoms with Gasteiger partial charge in [0, 0.05) is 24.2 Å². The van der Waals surface area contributed by atoms with Crippen LogP contribution in [0, 0.1) is 0 Å². The molecule has 7 nitrogen and oxygen atoms in total. The summed E-state index contributed by atoms with van der Waals surface area (Å²) in [6.07, 6.45) is 0. The summed E-state index contributed by atoms with van der Waals surface area (Å²) in [4.78, 5) is 28.4. The second kappa shape index (κ2) is 8.68. The van der Waals surface area contributed by atoms with E-state index in [0.29, 0.717) is 11.4 Å². The smallest absolute Gasteiger partial charge is 0.316 e. The molecular formula is C22H24N4O3. The third-order valence-electron chi connectivity index (χ3n) is 4.36. The first-order valence-electron chi connectivity index (χ1n) is 9.40. The molecule has 0 aliphatic rings. The maximum atomic E-state index is 12.2. The Balaban J connectivity index is 1.46. The van der Waals surface area contributed by atoms with E-state index in [1.54, 1.807) is 12.1 Å². The Hall–Kier alpha value is -3.48. The second-order valence-corrected chi connectivity index (χ2v) is 7.63. The van der Waals surface area contributed by atoms with Crippen LogP contribution in [0.15, 0.2) is 59.1 Å². The van der Waals surface area contributed by atoms with E-state index >= 15 is 0 Å². The number of carbonyl (C=O) groups excluding carboxylic acids is 2. The topological polar surface area (TPSA) is 97.1 Å². The van der Waals surface area contributed by atoms with Crippen LogP contribution in [0.2, 0.25) is 0 Å². The zero-order chi connectivity index (χ0) is 20.9. The van der Waals surface area contributed by atoms with Gasteiger partial charge in [-0.1, -0.05) is 68.4 Å². The Kier molecular flexibility index (Phi) is 6.07. The number of hydrogen-bond acceptors (Lipinski definition) is 5. The zero-order valence-corrected chi connectivity index (χ0v) is 16.7. The quantitative estimate of drug-likeness (QED) is 0.628. The molecule has 150 valence electrons. The van der Waals surface area contributed by atoms with E-state index in [4.69, 9.17) is 4.52 Å². The van der Waals surface area contributed by atoms with Gasteiger partial charge >= 0.3 is 11.8 Å². The summed E-state index contributed by atoms with van der Waals surface area (Å²) in [5, 5.41) is 9.24. The maximum absolute atomic E-state index is 12.2. The van der Waals surface area contributed by atoms with Crippen LogP contribution in [0.4, 0.5) is 0 Å². The lowest BCUT2D eigenvalue weighted by atomic mass is 9.87. The molecule has 3 aromatic rings. The largest absolute Gasteiger partial charge is 0.350 e. The molecule has 29 heavy (non-hydrogen) atoms. The minimum absolute atomic E-state index is 0.0361. The Morgan fingerprint density at radius 3 is 2.14 bits per heavy atom. The number of amides is 2. The van der Waals surface area contributed by atoms with E-state index < -0.39 is 5.91 Å². The minimum atomic E-state index is -0.483. The van der Waals surface area contributed by atoms with Crippen LogP contribution in [0.25, 0.3) is 11.4 Å². The van der Waals surface area contributed by atoms with Crippen LogP contribution in [0.1, 0.15) is 47.4 Å². The molecule has 2 aromatic carbocycles. The predicted octanol–water partition coefficient (Wildman–Crippen LogP) is 3.19. The van der Waals surface area contributed by atoms with Crippen molar-refractivity contribution in [2.45, 2.75) is 26.2 Å². The van der Waals surface area contributed by atoms with Crippen molar-refractivity contribution in [3.05, 3.63) is 71.6 Å². The summed E-state index contributed by atoms with van der Waals surface area (Å²) < 4.78 is 5.01. The summed E-state index contributed by atoms with van der Waals surface area (Å²) in [5.41, 5.74) is 2.54. The van der Waals surface area contributed by atoms with Crippen LogP contribution < -0.4 is 10.6 Å². The van der Waals surface area contributed by atoms with E-state index in [0.717, 1.165) is 11.1 Å². The number of benzene rings is 2. The Bertz CT molecular complexity index is 973. The van der Waals surface area contributed by atoms with Crippen molar-refractivity contribution < 1.29 is 14.1 Å². The standard InChI is InChI=1S/C22H24N4O3/c1-22(2,3)17-11-9-16(10-12-17)19(27)23-13-14-24-20(28)21-25-18(26-29-21)15-7-5-4-6-8-15/h4-12H,13-14H2,1-3H3,(H,23,27)(H,24,28). The van der Waals surface area contributed by atoms with Gasteiger partial charge in [0.1, 0.15) is 0 Å². The number of carbonyl (C=O) groups is 2. The van der Waals surface area contributed by atoms with E-state index in [9.17, 15) is 9.59 Å². The molecule has 1 heterocycles. The molecule has 0 fully saturated rings. The fourth-order valence-corrected chi connectivity index (χ4v) is 2.67. The highest BCUT2D eigenvalue weighted by Crippen LogP contribution is 2.22. The number of rotatable bonds is 6. The summed E-state index contributed by atoms with van der Waals surface area (Å²) in [7, 11) is 0. The minimum Gasteiger partial charge on any atom is -0.350 e. The van der Waals surface area contributed by atoms with Crippen LogP contribution in [0.3, 0.4) is 0 Å². The molecule has 0 saturated carbocycles. The van der Waals surface area contributed by atoms with Gasteiger partial charge in [-0.15, -0.1) is 0 Å². The molecule has 0 saturated heterocycles. The normalized spacial score (nSPS) is 11.1. The first-order chi connectivity index (χ1) is 13.8. The van der Waals surface area contributed by atoms with Gasteiger partial charge in [0.05, 0.1) is 0 Å². The van der Waals surface area contributed by atoms with Gasteiger partial charge in [-0.25, -0.2) is 0 Å². The Morgan fingerprint density at radius 1 is 0.897 bits per heavy atom. The molecule has 0 unspecified atom stereocenters. The SMILES string of the molecule is CC(C)(C)c1ccc(C(=O)NCCNC(=O)c2nc(-c3ccccc3)no2)cc1. The van der Waals surface area contributed by atoms with Gasteiger partial charge in [-0.3, -0.25) is 9.59 Å². The van der Waals surface area contributed by atoms with Crippen molar-refractivity contribution in [1.29, 1.82) is 0 Å². The van der Waals surface area contributed by atoms with Crippen LogP contribution >= 0.6 is 0 Å². The van der Waals surface area contributed by atoms with Crippen molar-refractivity contribution in [2.24, 2.45) is 0 Å². The van der Waals surface area contributed by atoms with Gasteiger partial charge in [0.15, 0.2) is 0 Å². The third-order valence-corrected chi connectivity index (χ3v) is 4.36. The van der Waals surface area contributed by atoms with Crippen molar-refractivity contribution >= 4 is 11.8 Å². The molecule has 2 amide bonds. The van der Waals surface area contributed by atoms with Gasteiger partial charge in [0.2, 0.25) is 5.82 Å². The van der Waals surface area contributed by atoms with E-state index in [1.807, 2.05) is 42.5 Å². The molecule has 2 N–H and O–H groups in total. The van der Waals surface area contributed by atoms with Gasteiger partial charge in [-0.2, -0.15) is 4.98 Å². The van der Waals surface area contributed by atoms with Gasteiger partial charge in [-0.05, 0) is 23.1 Å². The maximum Gasteiger partial charge on any atom is 0.316 e. The van der Waals surface area contributed by atoms with Crippen molar-refractivity contribution in [3.8, 4) is 11.4 Å². The average molecular weight is 392 g/mol. The highest BCUT2D eigenvalue weighted by Gasteiger charge is 2.16. The lowest BCUT2D eigenvalue weighted by Gasteiger charge is -2.19. The monoisotopic (exact) mass is 392 g/mol. The number of nitrogens with one attached hydrogen (secondary N) is 2. The molecule has 0 aliphatic heterocycles. The number of hydrogen-bond donors (Lipinski definition) is 2. The predicted molar refractivity (Wildman–Crippen MR) is 110 cm³/mol. The molecule has 0 aliphatic carbocycles. The summed E-state index contributed by atoms with van der Waals surface area (Å²) >= 11 is 0.